The summed E-state index contributed by atoms with van der Waals surface area (Å²) < 4.78 is 0. The number of aromatic nitrogens is 1. The average molecular weight is 851 g/mol. The van der Waals surface area contributed by atoms with Gasteiger partial charge < -0.3 is 4.90 Å². The van der Waals surface area contributed by atoms with Crippen molar-refractivity contribution < 1.29 is 0 Å². The summed E-state index contributed by atoms with van der Waals surface area (Å²) in [6.45, 7) is 0. The Hall–Kier alpha value is -8.59. The summed E-state index contributed by atoms with van der Waals surface area (Å²) in [5.74, 6) is 0. The van der Waals surface area contributed by atoms with E-state index < -0.39 is 0 Å². The summed E-state index contributed by atoms with van der Waals surface area (Å²) in [7, 11) is 2.27. The Bertz CT molecular complexity index is 4170. The first kappa shape index (κ1) is 37.8. The van der Waals surface area contributed by atoms with Crippen LogP contribution < -0.4 is 4.90 Å². The van der Waals surface area contributed by atoms with Crippen LogP contribution in [-0.2, 0) is 0 Å². The lowest BCUT2D eigenvalue weighted by molar-refractivity contribution is 0.805. The first-order chi connectivity index (χ1) is 33.1. The van der Waals surface area contributed by atoms with E-state index in [1.807, 2.05) is 0 Å². The third kappa shape index (κ3) is 5.79. The molecule has 1 unspecified atom stereocenters. The molecule has 2 nitrogen and oxygen atoms in total. The molecule has 0 bridgehead atoms. The summed E-state index contributed by atoms with van der Waals surface area (Å²) >= 11 is 0. The number of pyridine rings is 1. The molecule has 1 atom stereocenters. The molecule has 2 heterocycles. The number of benzene rings is 12. The normalized spacial score (nSPS) is 14.0. The minimum atomic E-state index is -0.0280. The zero-order valence-corrected chi connectivity index (χ0v) is 36.9. The molecule has 0 aliphatic carbocycles. The van der Waals surface area contributed by atoms with Crippen LogP contribution in [0.25, 0.3) is 114 Å². The average Bonchev–Trinajstić information content (AvgIpc) is 3.40. The van der Waals surface area contributed by atoms with Crippen molar-refractivity contribution in [2.75, 3.05) is 11.9 Å². The van der Waals surface area contributed by atoms with E-state index in [2.05, 4.69) is 242 Å². The molecule has 0 radical (unpaired) electrons. The van der Waals surface area contributed by atoms with Gasteiger partial charge in [0.25, 0.3) is 0 Å². The zero-order valence-electron chi connectivity index (χ0n) is 36.9. The van der Waals surface area contributed by atoms with Crippen molar-refractivity contribution >= 4 is 97.6 Å². The van der Waals surface area contributed by atoms with E-state index in [1.54, 1.807) is 0 Å². The molecule has 12 aromatic carbocycles. The van der Waals surface area contributed by atoms with Crippen molar-refractivity contribution in [3.05, 3.63) is 247 Å². The van der Waals surface area contributed by atoms with Gasteiger partial charge in [-0.1, -0.05) is 194 Å². The molecule has 14 rings (SSSR count). The molecule has 0 saturated carbocycles. The van der Waals surface area contributed by atoms with Gasteiger partial charge in [0.05, 0.1) is 22.9 Å². The topological polar surface area (TPSA) is 16.1 Å². The number of fused-ring (bicyclic) bond motifs is 16. The van der Waals surface area contributed by atoms with E-state index in [0.29, 0.717) is 0 Å². The minimum absolute atomic E-state index is 0.0280. The van der Waals surface area contributed by atoms with Crippen molar-refractivity contribution in [1.29, 1.82) is 0 Å². The SMILES string of the molecule is CN1c2c(cc(-c3ccc4c5ccccc5c5ccccc5c4c3)c3ccccc23)C(c2ccc3c4ccccc4c4ccccc4c3c2)=CC1c1ccc(-c2ccc3ccccc3n2)cc1. The second-order valence-electron chi connectivity index (χ2n) is 18.2. The van der Waals surface area contributed by atoms with Crippen molar-refractivity contribution in [2.45, 2.75) is 6.04 Å². The largest absolute Gasteiger partial charge is 0.363 e. The molecule has 0 amide bonds. The highest BCUT2D eigenvalue weighted by atomic mass is 15.1. The smallest absolute Gasteiger partial charge is 0.0732 e. The lowest BCUT2D eigenvalue weighted by atomic mass is 9.82. The maximum Gasteiger partial charge on any atom is 0.0732 e. The van der Waals surface area contributed by atoms with Gasteiger partial charge in [-0.15, -0.1) is 0 Å². The van der Waals surface area contributed by atoms with Gasteiger partial charge in [0.1, 0.15) is 0 Å². The highest BCUT2D eigenvalue weighted by Gasteiger charge is 2.30. The van der Waals surface area contributed by atoms with Gasteiger partial charge in [0.2, 0.25) is 0 Å². The molecule has 312 valence electrons. The van der Waals surface area contributed by atoms with Gasteiger partial charge in [0.15, 0.2) is 0 Å². The highest BCUT2D eigenvalue weighted by molar-refractivity contribution is 6.27. The summed E-state index contributed by atoms with van der Waals surface area (Å²) in [4.78, 5) is 7.54. The van der Waals surface area contributed by atoms with Crippen LogP contribution in [0.5, 0.6) is 0 Å². The fourth-order valence-electron chi connectivity index (χ4n) is 11.5. The molecule has 0 fully saturated rings. The van der Waals surface area contributed by atoms with Crippen molar-refractivity contribution in [3.63, 3.8) is 0 Å². The van der Waals surface area contributed by atoms with Crippen LogP contribution in [0, 0.1) is 0 Å². The highest BCUT2D eigenvalue weighted by Crippen LogP contribution is 2.50. The van der Waals surface area contributed by atoms with Gasteiger partial charge in [-0.2, -0.15) is 0 Å². The predicted molar refractivity (Wildman–Crippen MR) is 286 cm³/mol. The molecule has 0 N–H and O–H groups in total. The number of hydrogen-bond donors (Lipinski definition) is 0. The number of nitrogens with zero attached hydrogens (tertiary/aromatic N) is 2. The first-order valence-electron chi connectivity index (χ1n) is 23.3. The first-order valence-corrected chi connectivity index (χ1v) is 23.3. The number of anilines is 1. The fourth-order valence-corrected chi connectivity index (χ4v) is 11.5. The number of hydrogen-bond acceptors (Lipinski definition) is 2. The van der Waals surface area contributed by atoms with E-state index in [9.17, 15) is 0 Å². The van der Waals surface area contributed by atoms with Crippen LogP contribution in [0.1, 0.15) is 22.7 Å². The summed E-state index contributed by atoms with van der Waals surface area (Å²) in [5, 5.41) is 19.0. The predicted octanol–water partition coefficient (Wildman–Crippen LogP) is 17.3. The van der Waals surface area contributed by atoms with E-state index in [1.165, 1.54) is 114 Å². The fraction of sp³-hybridized carbons (Fsp3) is 0.0308. The molecule has 1 aliphatic rings. The van der Waals surface area contributed by atoms with E-state index in [-0.39, 0.29) is 6.04 Å². The minimum Gasteiger partial charge on any atom is -0.363 e. The maximum absolute atomic E-state index is 5.04. The maximum atomic E-state index is 5.04. The molecule has 67 heavy (non-hydrogen) atoms. The van der Waals surface area contributed by atoms with Crippen LogP contribution in [0.2, 0.25) is 0 Å². The Kier molecular flexibility index (Phi) is 8.29. The van der Waals surface area contributed by atoms with E-state index >= 15 is 0 Å². The summed E-state index contributed by atoms with van der Waals surface area (Å²) in [6, 6.07) is 83.0. The Morgan fingerprint density at radius 3 is 1.37 bits per heavy atom. The molecule has 13 aromatic rings. The number of likely N-dealkylation sites (N-methyl/N-ethyl adjacent to an activating group) is 1. The van der Waals surface area contributed by atoms with Gasteiger partial charge in [-0.05, 0) is 134 Å². The van der Waals surface area contributed by atoms with Crippen LogP contribution in [0.4, 0.5) is 5.69 Å². The van der Waals surface area contributed by atoms with Crippen LogP contribution in [0.3, 0.4) is 0 Å². The standard InChI is InChI=1S/C65H42N2/c1-67-64(42-28-26-41(27-29-42)63-35-32-40-14-2-13-25-62(40)66-63)39-58(44-31-34-55-50-20-6-4-16-46(50)48-18-8-10-22-52(48)60(55)37-44)61-38-57(53-23-11-12-24-56(53)65(61)67)43-30-33-54-49-19-5-3-15-45(49)47-17-7-9-21-51(47)59(54)36-43/h2-39,64H,1H3. The second kappa shape index (κ2) is 14.7. The van der Waals surface area contributed by atoms with Crippen molar-refractivity contribution in [1.82, 2.24) is 4.98 Å². The van der Waals surface area contributed by atoms with Gasteiger partial charge in [0, 0.05) is 28.9 Å². The zero-order chi connectivity index (χ0) is 44.2. The number of para-hydroxylation sites is 1. The lowest BCUT2D eigenvalue weighted by Gasteiger charge is -2.37. The Morgan fingerprint density at radius 2 is 0.791 bits per heavy atom. The molecule has 0 spiro atoms. The Labute approximate surface area is 388 Å². The Balaban J connectivity index is 1.00. The quantitative estimate of drug-likeness (QED) is 0.164. The molecular formula is C65H42N2. The molecule has 2 heteroatoms. The van der Waals surface area contributed by atoms with Crippen LogP contribution >= 0.6 is 0 Å². The van der Waals surface area contributed by atoms with E-state index in [4.69, 9.17) is 4.98 Å². The van der Waals surface area contributed by atoms with Gasteiger partial charge in [-0.3, -0.25) is 0 Å². The summed E-state index contributed by atoms with van der Waals surface area (Å²) in [6.07, 6.45) is 2.51. The Morgan fingerprint density at radius 1 is 0.343 bits per heavy atom. The van der Waals surface area contributed by atoms with Gasteiger partial charge >= 0.3 is 0 Å². The third-order valence-electron chi connectivity index (χ3n) is 14.7. The molecule has 0 saturated heterocycles. The molecule has 1 aliphatic heterocycles. The second-order valence-corrected chi connectivity index (χ2v) is 18.2. The van der Waals surface area contributed by atoms with Crippen molar-refractivity contribution in [2.24, 2.45) is 0 Å². The summed E-state index contributed by atoms with van der Waals surface area (Å²) in [5.41, 5.74) is 11.7. The molecule has 1 aromatic heterocycles. The van der Waals surface area contributed by atoms with Gasteiger partial charge in [-0.25, -0.2) is 4.98 Å². The van der Waals surface area contributed by atoms with Crippen LogP contribution in [0.15, 0.2) is 231 Å². The number of rotatable bonds is 4. The van der Waals surface area contributed by atoms with Crippen LogP contribution in [-0.4, -0.2) is 12.0 Å². The third-order valence-corrected chi connectivity index (χ3v) is 14.7. The monoisotopic (exact) mass is 850 g/mol. The lowest BCUT2D eigenvalue weighted by Crippen LogP contribution is -2.27. The molecular weight excluding hydrogens is 809 g/mol. The van der Waals surface area contributed by atoms with Crippen molar-refractivity contribution in [3.8, 4) is 22.4 Å². The van der Waals surface area contributed by atoms with E-state index in [0.717, 1.165) is 22.2 Å².